The van der Waals surface area contributed by atoms with Gasteiger partial charge in [-0.2, -0.15) is 4.98 Å². The van der Waals surface area contributed by atoms with E-state index < -0.39 is 0 Å². The number of benzene rings is 2. The van der Waals surface area contributed by atoms with Crippen LogP contribution in [0.25, 0.3) is 16.7 Å². The predicted octanol–water partition coefficient (Wildman–Crippen LogP) is 3.76. The summed E-state index contributed by atoms with van der Waals surface area (Å²) in [6.07, 6.45) is 1.71. The van der Waals surface area contributed by atoms with Crippen LogP contribution in [0.2, 0.25) is 0 Å². The highest BCUT2D eigenvalue weighted by Gasteiger charge is 2.15. The van der Waals surface area contributed by atoms with Crippen molar-refractivity contribution in [2.24, 2.45) is 0 Å². The van der Waals surface area contributed by atoms with E-state index in [2.05, 4.69) is 46.4 Å². The van der Waals surface area contributed by atoms with Crippen molar-refractivity contribution in [2.75, 3.05) is 11.1 Å². The highest BCUT2D eigenvalue weighted by Crippen LogP contribution is 2.26. The topological polar surface area (TPSA) is 81.7 Å². The first kappa shape index (κ1) is 15.1. The van der Waals surface area contributed by atoms with E-state index in [1.165, 1.54) is 0 Å². The molecule has 4 rings (SSSR count). The van der Waals surface area contributed by atoms with E-state index in [1.54, 1.807) is 10.9 Å². The van der Waals surface area contributed by atoms with Gasteiger partial charge in [-0.05, 0) is 37.1 Å². The molecule has 0 spiro atoms. The normalized spacial score (nSPS) is 11.0. The van der Waals surface area contributed by atoms with Crippen LogP contribution in [-0.2, 0) is 0 Å². The van der Waals surface area contributed by atoms with Crippen LogP contribution in [-0.4, -0.2) is 19.7 Å². The first-order valence-corrected chi connectivity index (χ1v) is 8.03. The van der Waals surface area contributed by atoms with Gasteiger partial charge in [0.15, 0.2) is 11.5 Å². The maximum Gasteiger partial charge on any atom is 0.229 e. The van der Waals surface area contributed by atoms with Gasteiger partial charge in [-0.15, -0.1) is 5.10 Å². The van der Waals surface area contributed by atoms with E-state index in [0.29, 0.717) is 17.4 Å². The van der Waals surface area contributed by atoms with Crippen LogP contribution >= 0.6 is 0 Å². The molecule has 0 amide bonds. The average Bonchev–Trinajstić information content (AvgIpc) is 2.92. The number of rotatable bonds is 3. The Balaban J connectivity index is 1.87. The molecule has 0 unspecified atom stereocenters. The molecular formula is C19H18N6. The molecular weight excluding hydrogens is 312 g/mol. The summed E-state index contributed by atoms with van der Waals surface area (Å²) in [6.45, 7) is 4.10. The summed E-state index contributed by atoms with van der Waals surface area (Å²) in [4.78, 5) is 9.01. The Labute approximate surface area is 145 Å². The lowest BCUT2D eigenvalue weighted by Gasteiger charge is -2.10. The van der Waals surface area contributed by atoms with E-state index >= 15 is 0 Å². The molecule has 0 saturated carbocycles. The van der Waals surface area contributed by atoms with E-state index in [1.807, 2.05) is 36.4 Å². The number of nitrogens with zero attached hydrogens (tertiary/aromatic N) is 4. The number of aromatic nitrogens is 4. The fourth-order valence-corrected chi connectivity index (χ4v) is 2.93. The fraction of sp³-hybridized carbons (Fsp3) is 0.105. The molecule has 25 heavy (non-hydrogen) atoms. The number of nitrogens with two attached hydrogens (primary N) is 1. The molecule has 0 fully saturated rings. The fourth-order valence-electron chi connectivity index (χ4n) is 2.93. The Kier molecular flexibility index (Phi) is 3.57. The van der Waals surface area contributed by atoms with Gasteiger partial charge in [-0.3, -0.25) is 0 Å². The number of para-hydroxylation sites is 2. The van der Waals surface area contributed by atoms with Gasteiger partial charge < -0.3 is 11.1 Å². The Morgan fingerprint density at radius 2 is 1.68 bits per heavy atom. The van der Waals surface area contributed by atoms with Crippen molar-refractivity contribution in [3.8, 4) is 5.69 Å². The largest absolute Gasteiger partial charge is 0.382 e. The van der Waals surface area contributed by atoms with Crippen LogP contribution in [0.4, 0.5) is 17.5 Å². The minimum absolute atomic E-state index is 0.420. The minimum atomic E-state index is 0.420. The van der Waals surface area contributed by atoms with Gasteiger partial charge in [0, 0.05) is 11.9 Å². The molecule has 2 aromatic carbocycles. The number of hydrogen-bond donors (Lipinski definition) is 2. The molecule has 0 saturated heterocycles. The Bertz CT molecular complexity index is 1030. The zero-order valence-corrected chi connectivity index (χ0v) is 14.1. The van der Waals surface area contributed by atoms with Crippen LogP contribution in [0.1, 0.15) is 11.1 Å². The van der Waals surface area contributed by atoms with Crippen molar-refractivity contribution in [1.82, 2.24) is 19.7 Å². The van der Waals surface area contributed by atoms with E-state index in [0.717, 1.165) is 27.9 Å². The summed E-state index contributed by atoms with van der Waals surface area (Å²) in [5.74, 6) is 0.926. The van der Waals surface area contributed by atoms with Gasteiger partial charge in [0.05, 0.1) is 11.1 Å². The van der Waals surface area contributed by atoms with Gasteiger partial charge >= 0.3 is 0 Å². The molecule has 0 aliphatic rings. The maximum absolute atomic E-state index is 6.08. The van der Waals surface area contributed by atoms with Crippen LogP contribution in [0.15, 0.2) is 54.7 Å². The van der Waals surface area contributed by atoms with Crippen LogP contribution in [0.5, 0.6) is 0 Å². The summed E-state index contributed by atoms with van der Waals surface area (Å²) in [6, 6.07) is 15.9. The monoisotopic (exact) mass is 330 g/mol. The van der Waals surface area contributed by atoms with Crippen molar-refractivity contribution in [3.05, 3.63) is 65.9 Å². The molecule has 124 valence electrons. The third-order valence-corrected chi connectivity index (χ3v) is 4.13. The summed E-state index contributed by atoms with van der Waals surface area (Å²) in [5, 5.41) is 8.44. The van der Waals surface area contributed by atoms with Gasteiger partial charge in [-0.1, -0.05) is 36.4 Å². The second-order valence-electron chi connectivity index (χ2n) is 5.96. The molecule has 4 aromatic rings. The molecule has 6 nitrogen and oxygen atoms in total. The highest BCUT2D eigenvalue weighted by molar-refractivity contribution is 5.88. The maximum atomic E-state index is 6.08. The Hall–Kier alpha value is -3.41. The standard InChI is InChI=1S/C19H18N6/c1-12-7-6-8-13(2)16(12)25-18-15(17(20)24-25)11-21-19(23-18)22-14-9-4-3-5-10-14/h3-11H,1-2H3,(H2,20,24)(H,21,22,23). The quantitative estimate of drug-likeness (QED) is 0.598. The molecule has 0 aliphatic carbocycles. The number of nitrogen functional groups attached to an aromatic ring is 1. The lowest BCUT2D eigenvalue weighted by atomic mass is 10.1. The van der Waals surface area contributed by atoms with E-state index in [9.17, 15) is 0 Å². The number of nitrogens with one attached hydrogen (secondary N) is 1. The third-order valence-electron chi connectivity index (χ3n) is 4.13. The highest BCUT2D eigenvalue weighted by atomic mass is 15.3. The van der Waals surface area contributed by atoms with Gasteiger partial charge in [0.1, 0.15) is 0 Å². The van der Waals surface area contributed by atoms with Crippen LogP contribution < -0.4 is 11.1 Å². The predicted molar refractivity (Wildman–Crippen MR) is 100 cm³/mol. The lowest BCUT2D eigenvalue weighted by Crippen LogP contribution is -2.04. The second kappa shape index (κ2) is 5.90. The molecule has 0 atom stereocenters. The molecule has 0 aliphatic heterocycles. The summed E-state index contributed by atoms with van der Waals surface area (Å²) < 4.78 is 1.80. The van der Waals surface area contributed by atoms with Crippen molar-refractivity contribution >= 4 is 28.5 Å². The zero-order valence-electron chi connectivity index (χ0n) is 14.1. The Morgan fingerprint density at radius 1 is 0.960 bits per heavy atom. The number of aryl methyl sites for hydroxylation is 2. The second-order valence-corrected chi connectivity index (χ2v) is 5.96. The smallest absolute Gasteiger partial charge is 0.229 e. The van der Waals surface area contributed by atoms with Gasteiger partial charge in [-0.25, -0.2) is 9.67 Å². The van der Waals surface area contributed by atoms with Gasteiger partial charge in [0.25, 0.3) is 0 Å². The summed E-state index contributed by atoms with van der Waals surface area (Å²) in [5.41, 5.74) is 10.9. The Morgan fingerprint density at radius 3 is 2.40 bits per heavy atom. The number of fused-ring (bicyclic) bond motifs is 1. The third kappa shape index (κ3) is 2.67. The SMILES string of the molecule is Cc1cccc(C)c1-n1nc(N)c2cnc(Nc3ccccc3)nc21. The molecule has 2 heterocycles. The molecule has 0 radical (unpaired) electrons. The first-order chi connectivity index (χ1) is 12.1. The van der Waals surface area contributed by atoms with Crippen molar-refractivity contribution in [3.63, 3.8) is 0 Å². The lowest BCUT2D eigenvalue weighted by molar-refractivity contribution is 0.885. The number of anilines is 3. The minimum Gasteiger partial charge on any atom is -0.382 e. The molecule has 0 bridgehead atoms. The van der Waals surface area contributed by atoms with Gasteiger partial charge in [0.2, 0.25) is 5.95 Å². The molecule has 2 aromatic heterocycles. The summed E-state index contributed by atoms with van der Waals surface area (Å²) in [7, 11) is 0. The van der Waals surface area contributed by atoms with Crippen molar-refractivity contribution in [2.45, 2.75) is 13.8 Å². The number of hydrogen-bond acceptors (Lipinski definition) is 5. The van der Waals surface area contributed by atoms with Crippen molar-refractivity contribution < 1.29 is 0 Å². The zero-order chi connectivity index (χ0) is 17.4. The van der Waals surface area contributed by atoms with E-state index in [4.69, 9.17) is 5.73 Å². The van der Waals surface area contributed by atoms with Crippen molar-refractivity contribution in [1.29, 1.82) is 0 Å². The van der Waals surface area contributed by atoms with E-state index in [-0.39, 0.29) is 0 Å². The first-order valence-electron chi connectivity index (χ1n) is 8.03. The van der Waals surface area contributed by atoms with Crippen LogP contribution in [0, 0.1) is 13.8 Å². The summed E-state index contributed by atoms with van der Waals surface area (Å²) >= 11 is 0. The molecule has 6 heteroatoms. The molecule has 3 N–H and O–H groups in total. The average molecular weight is 330 g/mol. The van der Waals surface area contributed by atoms with Crippen LogP contribution in [0.3, 0.4) is 0 Å².